The number of nitrogens with zero attached hydrogens (tertiary/aromatic N) is 6. The van der Waals surface area contributed by atoms with Crippen molar-refractivity contribution >= 4 is 25.3 Å². The SMILES string of the molecule is CN1CCCN2CCCN(CCCN(C)CC1)CC2.N#C[S-].N#C[S-].[Mn]. The Morgan fingerprint density at radius 3 is 1.15 bits per heavy atom. The predicted octanol–water partition coefficient (Wildman–Crippen LogP) is 0.678. The first-order chi connectivity index (χ1) is 12.1. The standard InChI is InChI=1S/C15H32N4.2CHNS.Mn/c1-16-6-3-8-18-10-5-11-19(15-14-18)9-4-7-17(2)13-12-16;2*2-1-3;/h3-15H2,1-2H3;2*3H;/p-2. The average Bonchev–Trinajstić information content (AvgIpc) is 2.80. The van der Waals surface area contributed by atoms with E-state index in [1.807, 2.05) is 0 Å². The second kappa shape index (κ2) is 19.5. The third-order valence-electron chi connectivity index (χ3n) is 4.57. The number of thiocyanates is 2. The normalized spacial score (nSPS) is 25.2. The summed E-state index contributed by atoms with van der Waals surface area (Å²) in [5.74, 6) is 0. The van der Waals surface area contributed by atoms with E-state index < -0.39 is 0 Å². The first-order valence-corrected chi connectivity index (χ1v) is 9.73. The minimum absolute atomic E-state index is 0. The molecular weight excluding hydrogens is 407 g/mol. The molecule has 0 aromatic rings. The van der Waals surface area contributed by atoms with Crippen LogP contribution in [0.1, 0.15) is 19.3 Å². The maximum Gasteiger partial charge on any atom is 0.0109 e. The fourth-order valence-corrected chi connectivity index (χ4v) is 3.17. The molecule has 2 unspecified atom stereocenters. The molecule has 151 valence electrons. The van der Waals surface area contributed by atoms with Crippen LogP contribution in [0.25, 0.3) is 0 Å². The Hall–Kier alpha value is -0.221. The molecule has 2 atom stereocenters. The molecule has 1 radical (unpaired) electrons. The van der Waals surface area contributed by atoms with Crippen molar-refractivity contribution in [2.45, 2.75) is 19.3 Å². The van der Waals surface area contributed by atoms with E-state index in [9.17, 15) is 0 Å². The van der Waals surface area contributed by atoms with Crippen LogP contribution in [0.15, 0.2) is 0 Å². The molecule has 0 aliphatic carbocycles. The van der Waals surface area contributed by atoms with E-state index >= 15 is 0 Å². The zero-order valence-corrected chi connectivity index (χ0v) is 18.9. The molecule has 2 bridgehead atoms. The summed E-state index contributed by atoms with van der Waals surface area (Å²) >= 11 is 7.40. The van der Waals surface area contributed by atoms with E-state index in [1.54, 1.807) is 0 Å². The van der Waals surface area contributed by atoms with E-state index in [-0.39, 0.29) is 17.1 Å². The quantitative estimate of drug-likeness (QED) is 0.310. The van der Waals surface area contributed by atoms with Crippen molar-refractivity contribution in [2.75, 3.05) is 79.5 Å². The van der Waals surface area contributed by atoms with E-state index in [0.717, 1.165) is 0 Å². The van der Waals surface area contributed by atoms with Gasteiger partial charge in [-0.1, -0.05) is 10.8 Å². The molecule has 2 fully saturated rings. The maximum atomic E-state index is 7.13. The van der Waals surface area contributed by atoms with Crippen molar-refractivity contribution in [3.05, 3.63) is 0 Å². The fraction of sp³-hybridized carbons (Fsp3) is 0.882. The maximum absolute atomic E-state index is 7.13. The second-order valence-electron chi connectivity index (χ2n) is 6.53. The zero-order chi connectivity index (χ0) is 18.9. The van der Waals surface area contributed by atoms with Gasteiger partial charge < -0.3 is 44.9 Å². The van der Waals surface area contributed by atoms with Crippen LogP contribution in [0.2, 0.25) is 0 Å². The minimum atomic E-state index is 0. The molecule has 2 aliphatic rings. The molecule has 9 heteroatoms. The molecule has 2 aliphatic heterocycles. The van der Waals surface area contributed by atoms with Crippen LogP contribution in [0.3, 0.4) is 0 Å². The molecule has 0 spiro atoms. The second-order valence-corrected chi connectivity index (χ2v) is 6.90. The van der Waals surface area contributed by atoms with Gasteiger partial charge in [-0.2, -0.15) is 0 Å². The number of hydrogen-bond acceptors (Lipinski definition) is 8. The third-order valence-corrected chi connectivity index (χ3v) is 4.57. The molecule has 6 nitrogen and oxygen atoms in total. The van der Waals surface area contributed by atoms with Gasteiger partial charge in [0.05, 0.1) is 0 Å². The van der Waals surface area contributed by atoms with Gasteiger partial charge in [-0.05, 0) is 72.6 Å². The fourth-order valence-electron chi connectivity index (χ4n) is 3.17. The molecule has 26 heavy (non-hydrogen) atoms. The van der Waals surface area contributed by atoms with Crippen LogP contribution in [-0.4, -0.2) is 99.1 Å². The summed E-state index contributed by atoms with van der Waals surface area (Å²) in [4.78, 5) is 10.3. The van der Waals surface area contributed by atoms with Crippen LogP contribution in [0.5, 0.6) is 0 Å². The molecule has 0 aromatic carbocycles. The van der Waals surface area contributed by atoms with Crippen molar-refractivity contribution < 1.29 is 17.1 Å². The summed E-state index contributed by atoms with van der Waals surface area (Å²) in [7, 11) is 4.54. The van der Waals surface area contributed by atoms with Gasteiger partial charge in [0.25, 0.3) is 0 Å². The molecule has 0 aromatic heterocycles. The van der Waals surface area contributed by atoms with Gasteiger partial charge in [-0.15, -0.1) is 0 Å². The third kappa shape index (κ3) is 16.0. The Balaban J connectivity index is 0. The monoisotopic (exact) mass is 439 g/mol. The van der Waals surface area contributed by atoms with Crippen molar-refractivity contribution in [1.82, 2.24) is 19.6 Å². The van der Waals surface area contributed by atoms with Gasteiger partial charge in [0.15, 0.2) is 0 Å². The first kappa shape index (κ1) is 28.0. The van der Waals surface area contributed by atoms with Gasteiger partial charge in [-0.3, -0.25) is 0 Å². The van der Waals surface area contributed by atoms with Crippen molar-refractivity contribution in [3.8, 4) is 10.8 Å². The Morgan fingerprint density at radius 1 is 0.577 bits per heavy atom. The molecule has 2 rings (SSSR count). The summed E-state index contributed by atoms with van der Waals surface area (Å²) in [6, 6.07) is 0. The van der Waals surface area contributed by atoms with Crippen LogP contribution in [0.4, 0.5) is 0 Å². The topological polar surface area (TPSA) is 60.5 Å². The predicted molar refractivity (Wildman–Crippen MR) is 108 cm³/mol. The van der Waals surface area contributed by atoms with Gasteiger partial charge in [-0.25, -0.2) is 10.5 Å². The zero-order valence-electron chi connectivity index (χ0n) is 16.1. The Labute approximate surface area is 181 Å². The number of nitriles is 2. The molecule has 0 amide bonds. The summed E-state index contributed by atoms with van der Waals surface area (Å²) in [5.41, 5.74) is 0. The molecule has 0 N–H and O–H groups in total. The van der Waals surface area contributed by atoms with Crippen LogP contribution < -0.4 is 0 Å². The molecule has 2 heterocycles. The van der Waals surface area contributed by atoms with Gasteiger partial charge in [0.2, 0.25) is 0 Å². The van der Waals surface area contributed by atoms with Crippen molar-refractivity contribution in [3.63, 3.8) is 0 Å². The Morgan fingerprint density at radius 2 is 0.846 bits per heavy atom. The van der Waals surface area contributed by atoms with E-state index in [4.69, 9.17) is 10.5 Å². The van der Waals surface area contributed by atoms with Crippen LogP contribution in [-0.2, 0) is 42.3 Å². The molecule has 2 saturated heterocycles. The van der Waals surface area contributed by atoms with Crippen LogP contribution in [0, 0.1) is 21.3 Å². The summed E-state index contributed by atoms with van der Waals surface area (Å²) in [6.45, 7) is 12.6. The van der Waals surface area contributed by atoms with Crippen LogP contribution >= 0.6 is 0 Å². The molecule has 0 saturated carbocycles. The average molecular weight is 440 g/mol. The molecular formula is C17H32MnN6S2-2. The smallest absolute Gasteiger partial charge is 0.0109 e. The van der Waals surface area contributed by atoms with E-state index in [1.165, 1.54) is 95.5 Å². The summed E-state index contributed by atoms with van der Waals surface area (Å²) in [6.07, 6.45) is 3.99. The van der Waals surface area contributed by atoms with Crippen molar-refractivity contribution in [1.29, 1.82) is 10.5 Å². The summed E-state index contributed by atoms with van der Waals surface area (Å²) < 4.78 is 0. The summed E-state index contributed by atoms with van der Waals surface area (Å²) in [5, 5.41) is 16.9. The number of fused-ring (bicyclic) bond motifs is 3. The largest absolute Gasteiger partial charge is 0.696 e. The van der Waals surface area contributed by atoms with E-state index in [0.29, 0.717) is 0 Å². The minimum Gasteiger partial charge on any atom is -0.696 e. The first-order valence-electron chi connectivity index (χ1n) is 8.91. The van der Waals surface area contributed by atoms with Gasteiger partial charge >= 0.3 is 0 Å². The Kier molecular flexibility index (Phi) is 21.0. The van der Waals surface area contributed by atoms with Gasteiger partial charge in [0, 0.05) is 43.2 Å². The number of hydrogen-bond donors (Lipinski definition) is 0. The van der Waals surface area contributed by atoms with Gasteiger partial charge in [0.1, 0.15) is 0 Å². The number of rotatable bonds is 0. The Bertz CT molecular complexity index is 366. The number of likely N-dealkylation sites (N-methyl/N-ethyl adjacent to an activating group) is 2. The van der Waals surface area contributed by atoms with Crippen molar-refractivity contribution in [2.24, 2.45) is 0 Å². The van der Waals surface area contributed by atoms with E-state index in [2.05, 4.69) is 59.0 Å².